The van der Waals surface area contributed by atoms with E-state index in [1.807, 2.05) is 37.3 Å². The van der Waals surface area contributed by atoms with E-state index in [0.29, 0.717) is 0 Å². The average molecular weight is 337 g/mol. The summed E-state index contributed by atoms with van der Waals surface area (Å²) in [7, 11) is 1.66. The number of likely N-dealkylation sites (N-methyl/N-ethyl adjacent to an activating group) is 1. The summed E-state index contributed by atoms with van der Waals surface area (Å²) in [6, 6.07) is 13.7. The molecule has 0 radical (unpaired) electrons. The highest BCUT2D eigenvalue weighted by Crippen LogP contribution is 2.30. The zero-order chi connectivity index (χ0) is 17.7. The molecular formula is C18H18F3NO2. The first-order valence-electron chi connectivity index (χ1n) is 7.39. The summed E-state index contributed by atoms with van der Waals surface area (Å²) in [5.41, 5.74) is 0.235. The van der Waals surface area contributed by atoms with Crippen LogP contribution in [0.25, 0.3) is 0 Å². The largest absolute Gasteiger partial charge is 0.484 e. The predicted octanol–water partition coefficient (Wildman–Crippen LogP) is 4.30. The summed E-state index contributed by atoms with van der Waals surface area (Å²) in [6.45, 7) is 1.66. The Bertz CT molecular complexity index is 669. The number of halogens is 3. The van der Waals surface area contributed by atoms with E-state index >= 15 is 0 Å². The molecule has 1 amide bonds. The number of carbonyl (C=O) groups excluding carboxylic acids is 1. The zero-order valence-corrected chi connectivity index (χ0v) is 13.4. The molecule has 1 unspecified atom stereocenters. The topological polar surface area (TPSA) is 29.5 Å². The molecule has 0 spiro atoms. The van der Waals surface area contributed by atoms with Gasteiger partial charge in [-0.15, -0.1) is 0 Å². The second kappa shape index (κ2) is 7.38. The number of rotatable bonds is 5. The Labute approximate surface area is 138 Å². The van der Waals surface area contributed by atoms with Crippen molar-refractivity contribution in [3.63, 3.8) is 0 Å². The minimum Gasteiger partial charge on any atom is -0.484 e. The summed E-state index contributed by atoms with van der Waals surface area (Å²) in [4.78, 5) is 13.7. The molecule has 6 heteroatoms. The van der Waals surface area contributed by atoms with E-state index < -0.39 is 11.7 Å². The van der Waals surface area contributed by atoms with Crippen LogP contribution in [0.15, 0.2) is 54.6 Å². The van der Waals surface area contributed by atoms with Crippen molar-refractivity contribution in [3.05, 3.63) is 65.7 Å². The third-order valence-corrected chi connectivity index (χ3v) is 3.80. The SMILES string of the molecule is CC(c1ccccc1)N(C)C(=O)COc1ccc(C(F)(F)F)cc1. The van der Waals surface area contributed by atoms with E-state index in [4.69, 9.17) is 4.74 Å². The molecule has 2 rings (SSSR count). The smallest absolute Gasteiger partial charge is 0.416 e. The molecule has 0 aliphatic rings. The van der Waals surface area contributed by atoms with Crippen LogP contribution >= 0.6 is 0 Å². The van der Waals surface area contributed by atoms with E-state index in [0.717, 1.165) is 17.7 Å². The van der Waals surface area contributed by atoms with Gasteiger partial charge in [-0.2, -0.15) is 13.2 Å². The van der Waals surface area contributed by atoms with Crippen LogP contribution in [-0.2, 0) is 11.0 Å². The number of nitrogens with zero attached hydrogens (tertiary/aromatic N) is 1. The van der Waals surface area contributed by atoms with Crippen LogP contribution in [0.1, 0.15) is 24.1 Å². The highest BCUT2D eigenvalue weighted by Gasteiger charge is 2.30. The summed E-state index contributed by atoms with van der Waals surface area (Å²) < 4.78 is 42.7. The maximum absolute atomic E-state index is 12.5. The van der Waals surface area contributed by atoms with Gasteiger partial charge in [0, 0.05) is 7.05 Å². The van der Waals surface area contributed by atoms with Gasteiger partial charge in [-0.3, -0.25) is 4.79 Å². The van der Waals surface area contributed by atoms with Gasteiger partial charge in [0.1, 0.15) is 5.75 Å². The van der Waals surface area contributed by atoms with E-state index in [9.17, 15) is 18.0 Å². The van der Waals surface area contributed by atoms with Crippen molar-refractivity contribution in [2.24, 2.45) is 0 Å². The Balaban J connectivity index is 1.93. The molecule has 0 aromatic heterocycles. The minimum atomic E-state index is -4.39. The standard InChI is InChI=1S/C18H18F3NO2/c1-13(14-6-4-3-5-7-14)22(2)17(23)12-24-16-10-8-15(9-11-16)18(19,20)21/h3-11,13H,12H2,1-2H3. The lowest BCUT2D eigenvalue weighted by Crippen LogP contribution is -2.33. The normalized spacial score (nSPS) is 12.5. The van der Waals surface area contributed by atoms with Crippen molar-refractivity contribution in [2.45, 2.75) is 19.1 Å². The minimum absolute atomic E-state index is 0.130. The number of hydrogen-bond acceptors (Lipinski definition) is 2. The molecule has 3 nitrogen and oxygen atoms in total. The first-order chi connectivity index (χ1) is 11.3. The molecule has 0 fully saturated rings. The highest BCUT2D eigenvalue weighted by molar-refractivity contribution is 5.78. The van der Waals surface area contributed by atoms with Crippen molar-refractivity contribution in [1.82, 2.24) is 4.90 Å². The predicted molar refractivity (Wildman–Crippen MR) is 84.6 cm³/mol. The molecule has 2 aromatic carbocycles. The van der Waals surface area contributed by atoms with Crippen LogP contribution < -0.4 is 4.74 Å². The Hall–Kier alpha value is -2.50. The third kappa shape index (κ3) is 4.50. The number of hydrogen-bond donors (Lipinski definition) is 0. The van der Waals surface area contributed by atoms with Crippen LogP contribution in [0.4, 0.5) is 13.2 Å². The van der Waals surface area contributed by atoms with Gasteiger partial charge in [-0.05, 0) is 36.8 Å². The van der Waals surface area contributed by atoms with Gasteiger partial charge in [0.25, 0.3) is 5.91 Å². The molecule has 0 saturated heterocycles. The van der Waals surface area contributed by atoms with E-state index in [1.165, 1.54) is 12.1 Å². The summed E-state index contributed by atoms with van der Waals surface area (Å²) in [5, 5.41) is 0. The second-order valence-electron chi connectivity index (χ2n) is 5.40. The number of alkyl halides is 3. The Kier molecular flexibility index (Phi) is 5.49. The molecule has 0 saturated carbocycles. The fourth-order valence-corrected chi connectivity index (χ4v) is 2.16. The van der Waals surface area contributed by atoms with Gasteiger partial charge < -0.3 is 9.64 Å². The molecule has 1 atom stereocenters. The van der Waals surface area contributed by atoms with Crippen LogP contribution in [-0.4, -0.2) is 24.5 Å². The number of amides is 1. The van der Waals surface area contributed by atoms with Crippen LogP contribution in [0, 0.1) is 0 Å². The molecule has 24 heavy (non-hydrogen) atoms. The first-order valence-corrected chi connectivity index (χ1v) is 7.39. The summed E-state index contributed by atoms with van der Waals surface area (Å²) in [6.07, 6.45) is -4.39. The molecule has 0 bridgehead atoms. The molecule has 0 N–H and O–H groups in total. The number of ether oxygens (including phenoxy) is 1. The maximum Gasteiger partial charge on any atom is 0.416 e. The van der Waals surface area contributed by atoms with Gasteiger partial charge in [0.05, 0.1) is 11.6 Å². The molecule has 0 aliphatic heterocycles. The molecule has 128 valence electrons. The van der Waals surface area contributed by atoms with Gasteiger partial charge in [-0.1, -0.05) is 30.3 Å². The second-order valence-corrected chi connectivity index (χ2v) is 5.40. The zero-order valence-electron chi connectivity index (χ0n) is 13.4. The average Bonchev–Trinajstić information content (AvgIpc) is 2.58. The number of carbonyl (C=O) groups is 1. The maximum atomic E-state index is 12.5. The summed E-state index contributed by atoms with van der Waals surface area (Å²) >= 11 is 0. The van der Waals surface area contributed by atoms with Crippen molar-refractivity contribution in [2.75, 3.05) is 13.7 Å². The van der Waals surface area contributed by atoms with E-state index in [-0.39, 0.29) is 24.3 Å². The van der Waals surface area contributed by atoms with Gasteiger partial charge >= 0.3 is 6.18 Å². The summed E-state index contributed by atoms with van der Waals surface area (Å²) in [5.74, 6) is -0.0386. The van der Waals surface area contributed by atoms with Crippen LogP contribution in [0.2, 0.25) is 0 Å². The lowest BCUT2D eigenvalue weighted by atomic mass is 10.1. The fraction of sp³-hybridized carbons (Fsp3) is 0.278. The Morgan fingerprint density at radius 3 is 2.21 bits per heavy atom. The molecule has 0 aliphatic carbocycles. The highest BCUT2D eigenvalue weighted by atomic mass is 19.4. The number of benzene rings is 2. The first kappa shape index (κ1) is 17.8. The van der Waals surface area contributed by atoms with Crippen molar-refractivity contribution >= 4 is 5.91 Å². The van der Waals surface area contributed by atoms with Crippen molar-refractivity contribution in [3.8, 4) is 5.75 Å². The quantitative estimate of drug-likeness (QED) is 0.814. The van der Waals surface area contributed by atoms with E-state index in [1.54, 1.807) is 11.9 Å². The van der Waals surface area contributed by atoms with Gasteiger partial charge in [-0.25, -0.2) is 0 Å². The van der Waals surface area contributed by atoms with Crippen LogP contribution in [0.5, 0.6) is 5.75 Å². The van der Waals surface area contributed by atoms with Gasteiger partial charge in [0.15, 0.2) is 6.61 Å². The van der Waals surface area contributed by atoms with E-state index in [2.05, 4.69) is 0 Å². The van der Waals surface area contributed by atoms with Crippen molar-refractivity contribution < 1.29 is 22.7 Å². The monoisotopic (exact) mass is 337 g/mol. The molecule has 0 heterocycles. The third-order valence-electron chi connectivity index (χ3n) is 3.80. The Morgan fingerprint density at radius 2 is 1.67 bits per heavy atom. The lowest BCUT2D eigenvalue weighted by Gasteiger charge is -2.25. The molecule has 2 aromatic rings. The fourth-order valence-electron chi connectivity index (χ4n) is 2.16. The van der Waals surface area contributed by atoms with Gasteiger partial charge in [0.2, 0.25) is 0 Å². The molecular weight excluding hydrogens is 319 g/mol. The Morgan fingerprint density at radius 1 is 1.08 bits per heavy atom. The van der Waals surface area contributed by atoms with Crippen LogP contribution in [0.3, 0.4) is 0 Å². The lowest BCUT2D eigenvalue weighted by molar-refractivity contribution is -0.138. The van der Waals surface area contributed by atoms with Crippen molar-refractivity contribution in [1.29, 1.82) is 0 Å².